The Morgan fingerprint density at radius 3 is 2.17 bits per heavy atom. The molecule has 2 aliphatic heterocycles. The predicted molar refractivity (Wildman–Crippen MR) is 130 cm³/mol. The number of halogens is 5. The fraction of sp³-hybridized carbons (Fsp3) is 0.115. The number of fused-ring (bicyclic) bond motifs is 2. The summed E-state index contributed by atoms with van der Waals surface area (Å²) in [7, 11) is 0. The first-order chi connectivity index (χ1) is 19.3. The molecule has 2 aromatic carbocycles. The highest BCUT2D eigenvalue weighted by Crippen LogP contribution is 2.46. The summed E-state index contributed by atoms with van der Waals surface area (Å²) in [5, 5.41) is 19.0. The normalized spacial score (nSPS) is 13.5. The molecule has 1 saturated heterocycles. The van der Waals surface area contributed by atoms with Crippen LogP contribution in [0.2, 0.25) is 0 Å². The fourth-order valence-electron chi connectivity index (χ4n) is 4.42. The zero-order valence-electron chi connectivity index (χ0n) is 20.0. The highest BCUT2D eigenvalue weighted by Gasteiger charge is 2.37. The Morgan fingerprint density at radius 2 is 1.54 bits per heavy atom. The van der Waals surface area contributed by atoms with Crippen LogP contribution < -0.4 is 5.43 Å². The van der Waals surface area contributed by atoms with Crippen molar-refractivity contribution in [1.82, 2.24) is 4.90 Å². The molecule has 3 aliphatic rings. The summed E-state index contributed by atoms with van der Waals surface area (Å²) < 4.78 is 80.7. The summed E-state index contributed by atoms with van der Waals surface area (Å²) in [6, 6.07) is 2.30. The van der Waals surface area contributed by atoms with Gasteiger partial charge in [0, 0.05) is 47.1 Å². The maximum absolute atomic E-state index is 16.1. The van der Waals surface area contributed by atoms with Crippen LogP contribution in [0.4, 0.5) is 22.0 Å². The Balaban J connectivity index is 1.81. The van der Waals surface area contributed by atoms with Crippen LogP contribution in [0.15, 0.2) is 38.4 Å². The van der Waals surface area contributed by atoms with E-state index in [0.29, 0.717) is 24.3 Å². The molecule has 15 heteroatoms. The minimum Gasteiger partial charge on any atom is -0.505 e. The first-order valence-corrected chi connectivity index (χ1v) is 12.3. The molecule has 41 heavy (non-hydrogen) atoms. The van der Waals surface area contributed by atoms with Crippen LogP contribution in [0.25, 0.3) is 33.4 Å². The number of imide groups is 3. The summed E-state index contributed by atoms with van der Waals surface area (Å²) in [6.07, 6.45) is -0.534. The molecule has 0 unspecified atom stereocenters. The van der Waals surface area contributed by atoms with Gasteiger partial charge in [0.05, 0.1) is 10.6 Å². The number of rotatable bonds is 5. The SMILES string of the molecule is O=C(O)c1c(F)c(F)c(SCC(=O)N2C(=O)CCC2=O)c(F)c1-c1c2cc(F)c(=O)cc-2oc2cc(O)c(F)cc12. The minimum atomic E-state index is -2.20. The number of carbonyl (C=O) groups excluding carboxylic acids is 3. The van der Waals surface area contributed by atoms with E-state index in [2.05, 4.69) is 0 Å². The lowest BCUT2D eigenvalue weighted by Gasteiger charge is -2.20. The van der Waals surface area contributed by atoms with Crippen LogP contribution >= 0.6 is 11.8 Å². The lowest BCUT2D eigenvalue weighted by molar-refractivity contribution is -0.148. The van der Waals surface area contributed by atoms with Gasteiger partial charge in [0.2, 0.25) is 23.2 Å². The maximum atomic E-state index is 16.1. The number of aromatic hydroxyl groups is 1. The standard InChI is InChI=1S/C26H12F5NO8S/c27-10-3-8-14(5-12(10)33)40-15-6-13(34)11(28)4-9(15)19(8)20-21(26(38)39)22(29)24(31)25(23(20)30)41-7-18(37)32-16(35)1-2-17(32)36/h3-6,33H,1-2,7H2,(H,38,39). The molecule has 0 bridgehead atoms. The third-order valence-corrected chi connectivity index (χ3v) is 7.27. The number of carboxylic acids is 1. The molecule has 2 N–H and O–H groups in total. The molecule has 0 spiro atoms. The molecule has 3 amide bonds. The van der Waals surface area contributed by atoms with Crippen molar-refractivity contribution in [3.05, 3.63) is 69.1 Å². The first-order valence-electron chi connectivity index (χ1n) is 11.4. The van der Waals surface area contributed by atoms with Crippen LogP contribution in [0.3, 0.4) is 0 Å². The van der Waals surface area contributed by atoms with E-state index in [9.17, 15) is 43.0 Å². The predicted octanol–water partition coefficient (Wildman–Crippen LogP) is 4.43. The van der Waals surface area contributed by atoms with Crippen LogP contribution in [0, 0.1) is 29.1 Å². The molecule has 1 aliphatic carbocycles. The average Bonchev–Trinajstić information content (AvgIpc) is 3.24. The second-order valence-electron chi connectivity index (χ2n) is 8.69. The molecule has 0 saturated carbocycles. The number of hydrogen-bond donors (Lipinski definition) is 2. The quantitative estimate of drug-likeness (QED) is 0.113. The summed E-state index contributed by atoms with van der Waals surface area (Å²) in [6.45, 7) is 0. The smallest absolute Gasteiger partial charge is 0.339 e. The number of thioether (sulfide) groups is 1. The van der Waals surface area contributed by atoms with Gasteiger partial charge in [-0.05, 0) is 12.1 Å². The first kappa shape index (κ1) is 27.8. The minimum absolute atomic E-state index is 0.00207. The number of aromatic carboxylic acids is 1. The van der Waals surface area contributed by atoms with Gasteiger partial charge in [-0.25, -0.2) is 31.6 Å². The lowest BCUT2D eigenvalue weighted by Crippen LogP contribution is -2.36. The molecule has 2 aromatic rings. The van der Waals surface area contributed by atoms with E-state index in [4.69, 9.17) is 4.42 Å². The van der Waals surface area contributed by atoms with Gasteiger partial charge < -0.3 is 14.6 Å². The highest BCUT2D eigenvalue weighted by molar-refractivity contribution is 8.00. The number of phenols is 1. The van der Waals surface area contributed by atoms with Crippen LogP contribution in [0.1, 0.15) is 23.2 Å². The summed E-state index contributed by atoms with van der Waals surface area (Å²) >= 11 is -0.00207. The number of benzene rings is 3. The lowest BCUT2D eigenvalue weighted by atomic mass is 9.89. The number of carboxylic acid groups (broad SMARTS) is 1. The van der Waals surface area contributed by atoms with Gasteiger partial charge in [-0.2, -0.15) is 0 Å². The van der Waals surface area contributed by atoms with Gasteiger partial charge in [-0.15, -0.1) is 11.8 Å². The molecule has 5 rings (SSSR count). The second kappa shape index (κ2) is 9.99. The second-order valence-corrected chi connectivity index (χ2v) is 9.67. The Bertz CT molecular complexity index is 1870. The average molecular weight is 593 g/mol. The number of hydrogen-bond acceptors (Lipinski definition) is 8. The molecular weight excluding hydrogens is 581 g/mol. The van der Waals surface area contributed by atoms with E-state index in [0.717, 1.165) is 0 Å². The van der Waals surface area contributed by atoms with Gasteiger partial charge in [-0.1, -0.05) is 0 Å². The number of phenolic OH excluding ortho intramolecular Hbond substituents is 1. The Morgan fingerprint density at radius 1 is 0.878 bits per heavy atom. The Kier molecular flexibility index (Phi) is 6.77. The number of amides is 3. The summed E-state index contributed by atoms with van der Waals surface area (Å²) in [5.41, 5.74) is -5.82. The molecule has 0 atom stereocenters. The molecule has 2 heterocycles. The van der Waals surface area contributed by atoms with Gasteiger partial charge >= 0.3 is 5.97 Å². The van der Waals surface area contributed by atoms with Crippen molar-refractivity contribution in [2.45, 2.75) is 17.7 Å². The zero-order valence-corrected chi connectivity index (χ0v) is 20.8. The van der Waals surface area contributed by atoms with Crippen molar-refractivity contribution in [3.8, 4) is 28.2 Å². The van der Waals surface area contributed by atoms with E-state index in [1.165, 1.54) is 0 Å². The molecule has 1 fully saturated rings. The highest BCUT2D eigenvalue weighted by atomic mass is 32.2. The molecule has 0 aromatic heterocycles. The van der Waals surface area contributed by atoms with Crippen molar-refractivity contribution in [2.24, 2.45) is 0 Å². The monoisotopic (exact) mass is 593 g/mol. The zero-order chi connectivity index (χ0) is 29.9. The van der Waals surface area contributed by atoms with Gasteiger partial charge in [0.1, 0.15) is 22.7 Å². The van der Waals surface area contributed by atoms with Crippen LogP contribution in [-0.4, -0.2) is 44.6 Å². The third kappa shape index (κ3) is 4.47. The van der Waals surface area contributed by atoms with Crippen molar-refractivity contribution in [1.29, 1.82) is 0 Å². The van der Waals surface area contributed by atoms with Crippen molar-refractivity contribution >= 4 is 46.4 Å². The molecule has 9 nitrogen and oxygen atoms in total. The van der Waals surface area contributed by atoms with Crippen molar-refractivity contribution < 1.29 is 55.8 Å². The number of likely N-dealkylation sites (tertiary alicyclic amines) is 1. The molecule has 0 radical (unpaired) electrons. The van der Waals surface area contributed by atoms with Gasteiger partial charge in [0.25, 0.3) is 0 Å². The van der Waals surface area contributed by atoms with Crippen molar-refractivity contribution in [2.75, 3.05) is 5.75 Å². The van der Waals surface area contributed by atoms with E-state index in [1.54, 1.807) is 0 Å². The number of nitrogens with zero attached hydrogens (tertiary/aromatic N) is 1. The van der Waals surface area contributed by atoms with E-state index >= 15 is 13.2 Å². The fourth-order valence-corrected chi connectivity index (χ4v) is 5.27. The van der Waals surface area contributed by atoms with Crippen molar-refractivity contribution in [3.63, 3.8) is 0 Å². The maximum Gasteiger partial charge on any atom is 0.339 e. The van der Waals surface area contributed by atoms with E-state index < -0.39 is 114 Å². The Hall–Kier alpha value is -4.79. The number of carbonyl (C=O) groups is 4. The van der Waals surface area contributed by atoms with Gasteiger partial charge in [0.15, 0.2) is 29.0 Å². The van der Waals surface area contributed by atoms with Crippen LogP contribution in [-0.2, 0) is 14.4 Å². The van der Waals surface area contributed by atoms with Gasteiger partial charge in [-0.3, -0.25) is 19.2 Å². The van der Waals surface area contributed by atoms with E-state index in [1.807, 2.05) is 0 Å². The largest absolute Gasteiger partial charge is 0.505 e. The summed E-state index contributed by atoms with van der Waals surface area (Å²) in [5.74, 6) is -16.3. The topological polar surface area (TPSA) is 142 Å². The van der Waals surface area contributed by atoms with Crippen LogP contribution in [0.5, 0.6) is 5.75 Å². The molecular formula is C26H12F5NO8S. The summed E-state index contributed by atoms with van der Waals surface area (Å²) in [4.78, 5) is 59.1. The van der Waals surface area contributed by atoms with E-state index in [-0.39, 0.29) is 29.5 Å². The third-order valence-electron chi connectivity index (χ3n) is 6.23. The molecule has 210 valence electrons. The Labute approximate surface area is 228 Å².